The average Bonchev–Trinajstić information content (AvgIpc) is 2.26. The molecule has 0 bridgehead atoms. The van der Waals surface area contributed by atoms with E-state index in [1.807, 2.05) is 0 Å². The standard InChI is InChI=1S/C11H17F4N3O.ClH/c12-10(13)11(14,15)7-17-1-3-18(4-2-17)9(19)8-5-16-6-8;/h8,10,16H,1-7H2;1H. The first kappa shape index (κ1) is 17.5. The van der Waals surface area contributed by atoms with Gasteiger partial charge >= 0.3 is 12.3 Å². The first-order valence-electron chi connectivity index (χ1n) is 6.28. The number of alkyl halides is 4. The summed E-state index contributed by atoms with van der Waals surface area (Å²) < 4.78 is 50.0. The Kier molecular flexibility index (Phi) is 6.03. The molecular formula is C11H18ClF4N3O. The number of carbonyl (C=O) groups is 1. The van der Waals surface area contributed by atoms with Gasteiger partial charge < -0.3 is 10.2 Å². The smallest absolute Gasteiger partial charge is 0.319 e. The molecule has 0 radical (unpaired) electrons. The summed E-state index contributed by atoms with van der Waals surface area (Å²) in [6.45, 7) is 1.45. The van der Waals surface area contributed by atoms with E-state index in [0.29, 0.717) is 26.2 Å². The molecule has 0 saturated carbocycles. The summed E-state index contributed by atoms with van der Waals surface area (Å²) in [4.78, 5) is 14.8. The van der Waals surface area contributed by atoms with Gasteiger partial charge in [0.05, 0.1) is 12.5 Å². The van der Waals surface area contributed by atoms with Crippen LogP contribution >= 0.6 is 12.4 Å². The Bertz CT molecular complexity index is 334. The predicted molar refractivity (Wildman–Crippen MR) is 67.6 cm³/mol. The molecule has 1 amide bonds. The quantitative estimate of drug-likeness (QED) is 0.774. The largest absolute Gasteiger partial charge is 0.340 e. The fourth-order valence-corrected chi connectivity index (χ4v) is 2.22. The second-order valence-corrected chi connectivity index (χ2v) is 5.02. The molecule has 2 rings (SSSR count). The van der Waals surface area contributed by atoms with Crippen LogP contribution in [0.3, 0.4) is 0 Å². The van der Waals surface area contributed by atoms with E-state index >= 15 is 0 Å². The van der Waals surface area contributed by atoms with Gasteiger partial charge in [-0.2, -0.15) is 8.78 Å². The lowest BCUT2D eigenvalue weighted by Gasteiger charge is -2.39. The number of halogens is 5. The molecule has 0 aromatic rings. The summed E-state index contributed by atoms with van der Waals surface area (Å²) in [6.07, 6.45) is -3.65. The van der Waals surface area contributed by atoms with Crippen molar-refractivity contribution in [3.8, 4) is 0 Å². The molecule has 4 nitrogen and oxygen atoms in total. The molecule has 2 fully saturated rings. The summed E-state index contributed by atoms with van der Waals surface area (Å²) in [6, 6.07) is 0. The Labute approximate surface area is 120 Å². The van der Waals surface area contributed by atoms with E-state index in [-0.39, 0.29) is 37.3 Å². The summed E-state index contributed by atoms with van der Waals surface area (Å²) in [7, 11) is 0. The highest BCUT2D eigenvalue weighted by atomic mass is 35.5. The summed E-state index contributed by atoms with van der Waals surface area (Å²) >= 11 is 0. The minimum absolute atomic E-state index is 0. The molecule has 0 aliphatic carbocycles. The Morgan fingerprint density at radius 2 is 1.75 bits per heavy atom. The normalized spacial score (nSPS) is 21.6. The van der Waals surface area contributed by atoms with Gasteiger partial charge in [0, 0.05) is 39.3 Å². The van der Waals surface area contributed by atoms with Crippen molar-refractivity contribution in [2.75, 3.05) is 45.8 Å². The van der Waals surface area contributed by atoms with Crippen molar-refractivity contribution in [2.24, 2.45) is 5.92 Å². The van der Waals surface area contributed by atoms with E-state index < -0.39 is 18.9 Å². The van der Waals surface area contributed by atoms with Crippen molar-refractivity contribution in [1.82, 2.24) is 15.1 Å². The zero-order valence-corrected chi connectivity index (χ0v) is 11.6. The van der Waals surface area contributed by atoms with Crippen molar-refractivity contribution in [1.29, 1.82) is 0 Å². The van der Waals surface area contributed by atoms with Crippen molar-refractivity contribution < 1.29 is 22.4 Å². The monoisotopic (exact) mass is 319 g/mol. The lowest BCUT2D eigenvalue weighted by molar-refractivity contribution is -0.150. The highest BCUT2D eigenvalue weighted by molar-refractivity contribution is 5.85. The van der Waals surface area contributed by atoms with Gasteiger partial charge in [-0.05, 0) is 0 Å². The third-order valence-corrected chi connectivity index (χ3v) is 3.57. The third-order valence-electron chi connectivity index (χ3n) is 3.57. The van der Waals surface area contributed by atoms with E-state index in [9.17, 15) is 22.4 Å². The molecule has 0 spiro atoms. The van der Waals surface area contributed by atoms with Crippen LogP contribution in [0.2, 0.25) is 0 Å². The number of carbonyl (C=O) groups excluding carboxylic acids is 1. The summed E-state index contributed by atoms with van der Waals surface area (Å²) in [5.41, 5.74) is 0. The Morgan fingerprint density at radius 1 is 1.20 bits per heavy atom. The molecule has 0 aromatic heterocycles. The lowest BCUT2D eigenvalue weighted by atomic mass is 10.0. The van der Waals surface area contributed by atoms with E-state index in [0.717, 1.165) is 0 Å². The van der Waals surface area contributed by atoms with Gasteiger partial charge in [0.25, 0.3) is 0 Å². The number of amides is 1. The van der Waals surface area contributed by atoms with Gasteiger partial charge in [-0.1, -0.05) is 0 Å². The zero-order chi connectivity index (χ0) is 14.0. The number of hydrogen-bond donors (Lipinski definition) is 1. The van der Waals surface area contributed by atoms with Gasteiger partial charge in [0.1, 0.15) is 0 Å². The average molecular weight is 320 g/mol. The second-order valence-electron chi connectivity index (χ2n) is 5.02. The highest BCUT2D eigenvalue weighted by Gasteiger charge is 2.43. The first-order chi connectivity index (χ1) is 8.90. The summed E-state index contributed by atoms with van der Waals surface area (Å²) in [5, 5.41) is 2.99. The number of piperazine rings is 1. The molecule has 0 unspecified atom stereocenters. The van der Waals surface area contributed by atoms with Crippen molar-refractivity contribution >= 4 is 18.3 Å². The van der Waals surface area contributed by atoms with Crippen molar-refractivity contribution in [3.05, 3.63) is 0 Å². The van der Waals surface area contributed by atoms with Gasteiger partial charge in [0.2, 0.25) is 5.91 Å². The first-order valence-corrected chi connectivity index (χ1v) is 6.28. The fraction of sp³-hybridized carbons (Fsp3) is 0.909. The minimum atomic E-state index is -3.98. The van der Waals surface area contributed by atoms with Crippen LogP contribution < -0.4 is 5.32 Å². The Balaban J connectivity index is 0.00000200. The molecule has 1 N–H and O–H groups in total. The molecule has 20 heavy (non-hydrogen) atoms. The fourth-order valence-electron chi connectivity index (χ4n) is 2.22. The van der Waals surface area contributed by atoms with Gasteiger partial charge in [-0.15, -0.1) is 12.4 Å². The molecule has 118 valence electrons. The highest BCUT2D eigenvalue weighted by Crippen LogP contribution is 2.24. The number of hydrogen-bond acceptors (Lipinski definition) is 3. The van der Waals surface area contributed by atoms with Crippen LogP contribution in [0.5, 0.6) is 0 Å². The molecular weight excluding hydrogens is 302 g/mol. The number of nitrogens with one attached hydrogen (secondary N) is 1. The van der Waals surface area contributed by atoms with E-state index in [1.165, 1.54) is 4.90 Å². The van der Waals surface area contributed by atoms with Crippen LogP contribution in [0.15, 0.2) is 0 Å². The topological polar surface area (TPSA) is 35.6 Å². The molecule has 0 atom stereocenters. The van der Waals surface area contributed by atoms with Crippen LogP contribution in [0.4, 0.5) is 17.6 Å². The molecule has 2 saturated heterocycles. The van der Waals surface area contributed by atoms with Crippen LogP contribution in [-0.2, 0) is 4.79 Å². The molecule has 9 heteroatoms. The van der Waals surface area contributed by atoms with E-state index in [1.54, 1.807) is 4.90 Å². The second kappa shape index (κ2) is 6.91. The molecule has 2 heterocycles. The zero-order valence-electron chi connectivity index (χ0n) is 10.8. The lowest BCUT2D eigenvalue weighted by Crippen LogP contribution is -2.57. The third kappa shape index (κ3) is 3.95. The maximum atomic E-state index is 12.9. The van der Waals surface area contributed by atoms with Crippen LogP contribution in [0.25, 0.3) is 0 Å². The van der Waals surface area contributed by atoms with Gasteiger partial charge in [-0.25, -0.2) is 8.78 Å². The SMILES string of the molecule is Cl.O=C(C1CNC1)N1CCN(CC(F)(F)C(F)F)CC1. The maximum absolute atomic E-state index is 12.9. The van der Waals surface area contributed by atoms with Crippen LogP contribution in [0.1, 0.15) is 0 Å². The summed E-state index contributed by atoms with van der Waals surface area (Å²) in [5.74, 6) is -3.97. The van der Waals surface area contributed by atoms with Crippen LogP contribution in [-0.4, -0.2) is 73.9 Å². The van der Waals surface area contributed by atoms with Crippen molar-refractivity contribution in [3.63, 3.8) is 0 Å². The number of nitrogens with zero attached hydrogens (tertiary/aromatic N) is 2. The Morgan fingerprint density at radius 3 is 2.15 bits per heavy atom. The van der Waals surface area contributed by atoms with E-state index in [2.05, 4.69) is 5.32 Å². The molecule has 0 aromatic carbocycles. The van der Waals surface area contributed by atoms with E-state index in [4.69, 9.17) is 0 Å². The van der Waals surface area contributed by atoms with Crippen molar-refractivity contribution in [2.45, 2.75) is 12.3 Å². The number of rotatable bonds is 4. The Hall–Kier alpha value is -0.600. The predicted octanol–water partition coefficient (Wildman–Crippen LogP) is 0.672. The van der Waals surface area contributed by atoms with Gasteiger partial charge in [-0.3, -0.25) is 9.69 Å². The molecule has 2 aliphatic rings. The maximum Gasteiger partial charge on any atom is 0.319 e. The minimum Gasteiger partial charge on any atom is -0.340 e. The van der Waals surface area contributed by atoms with Crippen LogP contribution in [0, 0.1) is 5.92 Å². The molecule has 2 aliphatic heterocycles. The van der Waals surface area contributed by atoms with Gasteiger partial charge in [0.15, 0.2) is 0 Å².